The number of sulfone groups is 1. The van der Waals surface area contributed by atoms with Crippen LogP contribution >= 0.6 is 0 Å². The summed E-state index contributed by atoms with van der Waals surface area (Å²) in [4.78, 5) is 0. The van der Waals surface area contributed by atoms with Crippen molar-refractivity contribution in [3.05, 3.63) is 11.6 Å². The largest absolute Gasteiger partial charge is 0.302 e. The fourth-order valence-electron chi connectivity index (χ4n) is 0.465. The van der Waals surface area contributed by atoms with E-state index in [0.717, 1.165) is 10.4 Å². The summed E-state index contributed by atoms with van der Waals surface area (Å²) in [6.45, 7) is 0. The lowest BCUT2D eigenvalue weighted by Gasteiger charge is -2.01. The highest BCUT2D eigenvalue weighted by atomic mass is 32.2. The van der Waals surface area contributed by atoms with Crippen LogP contribution in [0.1, 0.15) is 0 Å². The zero-order valence-corrected chi connectivity index (χ0v) is 4.93. The normalized spacial score (nSPS) is 24.4. The third-order valence-corrected chi connectivity index (χ3v) is 1.98. The molecular weight excluding hydrogens is 128 g/mol. The predicted molar refractivity (Wildman–Crippen MR) is 29.0 cm³/mol. The van der Waals surface area contributed by atoms with Gasteiger partial charge in [-0.1, -0.05) is 0 Å². The average Bonchev–Trinajstić information content (AvgIpc) is 1.82. The first kappa shape index (κ1) is 5.58. The molecular formula is C3H6N2O2S. The van der Waals surface area contributed by atoms with E-state index in [9.17, 15) is 8.42 Å². The van der Waals surface area contributed by atoms with Gasteiger partial charge in [0, 0.05) is 11.6 Å². The molecule has 0 saturated heterocycles. The van der Waals surface area contributed by atoms with E-state index >= 15 is 0 Å². The van der Waals surface area contributed by atoms with Crippen LogP contribution < -0.4 is 5.84 Å². The number of hydrogen-bond donors (Lipinski definition) is 1. The molecule has 46 valence electrons. The summed E-state index contributed by atoms with van der Waals surface area (Å²) in [5, 5.41) is 2.21. The van der Waals surface area contributed by atoms with Crippen molar-refractivity contribution in [3.63, 3.8) is 0 Å². The van der Waals surface area contributed by atoms with E-state index in [1.165, 1.54) is 6.20 Å². The highest BCUT2D eigenvalue weighted by molar-refractivity contribution is 7.94. The molecule has 0 aliphatic carbocycles. The van der Waals surface area contributed by atoms with E-state index in [-0.39, 0.29) is 5.88 Å². The Morgan fingerprint density at radius 3 is 2.38 bits per heavy atom. The third kappa shape index (κ3) is 0.988. The summed E-state index contributed by atoms with van der Waals surface area (Å²) in [6, 6.07) is 0. The summed E-state index contributed by atoms with van der Waals surface area (Å²) in [5.41, 5.74) is 0. The van der Waals surface area contributed by atoms with Gasteiger partial charge >= 0.3 is 0 Å². The van der Waals surface area contributed by atoms with Crippen molar-refractivity contribution in [2.24, 2.45) is 5.84 Å². The molecule has 0 radical (unpaired) electrons. The molecule has 0 aromatic heterocycles. The number of rotatable bonds is 0. The molecule has 1 heterocycles. The molecule has 0 fully saturated rings. The molecule has 0 aromatic rings. The van der Waals surface area contributed by atoms with Gasteiger partial charge in [0.2, 0.25) is 0 Å². The van der Waals surface area contributed by atoms with Crippen molar-refractivity contribution in [1.82, 2.24) is 5.01 Å². The lowest BCUT2D eigenvalue weighted by Crippen LogP contribution is -2.24. The first-order chi connectivity index (χ1) is 3.60. The van der Waals surface area contributed by atoms with Crippen molar-refractivity contribution in [3.8, 4) is 0 Å². The van der Waals surface area contributed by atoms with Gasteiger partial charge in [-0.15, -0.1) is 0 Å². The fourth-order valence-corrected chi connectivity index (χ4v) is 1.39. The minimum Gasteiger partial charge on any atom is -0.302 e. The van der Waals surface area contributed by atoms with Crippen LogP contribution in [-0.2, 0) is 9.84 Å². The Balaban J connectivity index is 2.89. The third-order valence-electron chi connectivity index (χ3n) is 0.789. The highest BCUT2D eigenvalue weighted by Gasteiger charge is 2.14. The minimum atomic E-state index is -2.98. The van der Waals surface area contributed by atoms with Crippen LogP contribution in [0.15, 0.2) is 11.6 Å². The molecule has 0 unspecified atom stereocenters. The second kappa shape index (κ2) is 1.46. The fraction of sp³-hybridized carbons (Fsp3) is 0.333. The quantitative estimate of drug-likeness (QED) is 0.432. The molecule has 0 spiro atoms. The van der Waals surface area contributed by atoms with Crippen LogP contribution in [0.25, 0.3) is 0 Å². The van der Waals surface area contributed by atoms with Crippen LogP contribution in [0.5, 0.6) is 0 Å². The molecule has 8 heavy (non-hydrogen) atoms. The average molecular weight is 134 g/mol. The van der Waals surface area contributed by atoms with E-state index in [2.05, 4.69) is 0 Å². The summed E-state index contributed by atoms with van der Waals surface area (Å²) >= 11 is 0. The lowest BCUT2D eigenvalue weighted by atomic mass is 11.0. The number of nitrogens with zero attached hydrogens (tertiary/aromatic N) is 1. The molecule has 5 heteroatoms. The summed E-state index contributed by atoms with van der Waals surface area (Å²) in [5.74, 6) is 4.99. The Bertz CT molecular complexity index is 205. The van der Waals surface area contributed by atoms with Crippen molar-refractivity contribution < 1.29 is 8.42 Å². The van der Waals surface area contributed by atoms with Crippen LogP contribution in [-0.4, -0.2) is 19.3 Å². The van der Waals surface area contributed by atoms with Gasteiger partial charge in [0.25, 0.3) is 0 Å². The Hall–Kier alpha value is -0.550. The highest BCUT2D eigenvalue weighted by Crippen LogP contribution is 2.02. The summed E-state index contributed by atoms with van der Waals surface area (Å²) in [7, 11) is -2.98. The molecule has 0 amide bonds. The molecule has 2 N–H and O–H groups in total. The van der Waals surface area contributed by atoms with Crippen molar-refractivity contribution in [1.29, 1.82) is 0 Å². The maximum atomic E-state index is 10.4. The van der Waals surface area contributed by atoms with Gasteiger partial charge < -0.3 is 5.01 Å². The van der Waals surface area contributed by atoms with Gasteiger partial charge in [-0.3, -0.25) is 0 Å². The second-order valence-corrected chi connectivity index (χ2v) is 3.45. The van der Waals surface area contributed by atoms with E-state index < -0.39 is 9.84 Å². The maximum absolute atomic E-state index is 10.4. The predicted octanol–water partition coefficient (Wildman–Crippen LogP) is -0.981. The topological polar surface area (TPSA) is 63.4 Å². The minimum absolute atomic E-state index is 0.0903. The van der Waals surface area contributed by atoms with Gasteiger partial charge in [-0.05, 0) is 0 Å². The van der Waals surface area contributed by atoms with Crippen LogP contribution in [0.3, 0.4) is 0 Å². The van der Waals surface area contributed by atoms with Crippen LogP contribution in [0.2, 0.25) is 0 Å². The standard InChI is InChI=1S/C3H6N2O2S/c4-5-1-2-8(6,7)3-5/h1-2H,3-4H2. The van der Waals surface area contributed by atoms with E-state index in [4.69, 9.17) is 5.84 Å². The van der Waals surface area contributed by atoms with E-state index in [1.807, 2.05) is 0 Å². The summed E-state index contributed by atoms with van der Waals surface area (Å²) < 4.78 is 20.9. The number of hydrogen-bond acceptors (Lipinski definition) is 4. The molecule has 0 atom stereocenters. The molecule has 0 aromatic carbocycles. The van der Waals surface area contributed by atoms with E-state index in [1.54, 1.807) is 0 Å². The SMILES string of the molecule is NN1C=CS(=O)(=O)C1. The van der Waals surface area contributed by atoms with Gasteiger partial charge in [0.05, 0.1) is 0 Å². The lowest BCUT2D eigenvalue weighted by molar-refractivity contribution is 0.461. The second-order valence-electron chi connectivity index (χ2n) is 1.59. The Kier molecular flexibility index (Phi) is 1.02. The first-order valence-corrected chi connectivity index (χ1v) is 3.74. The van der Waals surface area contributed by atoms with Crippen LogP contribution in [0, 0.1) is 0 Å². The molecule has 1 aliphatic heterocycles. The van der Waals surface area contributed by atoms with E-state index in [0.29, 0.717) is 0 Å². The van der Waals surface area contributed by atoms with Crippen molar-refractivity contribution in [2.45, 2.75) is 0 Å². The maximum Gasteiger partial charge on any atom is 0.192 e. The van der Waals surface area contributed by atoms with Crippen molar-refractivity contribution in [2.75, 3.05) is 5.88 Å². The van der Waals surface area contributed by atoms with Crippen molar-refractivity contribution >= 4 is 9.84 Å². The van der Waals surface area contributed by atoms with Gasteiger partial charge in [0.15, 0.2) is 9.84 Å². The smallest absolute Gasteiger partial charge is 0.192 e. The molecule has 1 aliphatic rings. The Morgan fingerprint density at radius 2 is 2.25 bits per heavy atom. The number of hydrazine groups is 1. The number of nitrogens with two attached hydrogens (primary N) is 1. The molecule has 0 bridgehead atoms. The van der Waals surface area contributed by atoms with Crippen LogP contribution in [0.4, 0.5) is 0 Å². The first-order valence-electron chi connectivity index (χ1n) is 2.02. The van der Waals surface area contributed by atoms with Gasteiger partial charge in [-0.25, -0.2) is 14.3 Å². The molecule has 4 nitrogen and oxygen atoms in total. The molecule has 0 saturated carbocycles. The monoisotopic (exact) mass is 134 g/mol. The van der Waals surface area contributed by atoms with Gasteiger partial charge in [-0.2, -0.15) is 0 Å². The summed E-state index contributed by atoms with van der Waals surface area (Å²) in [6.07, 6.45) is 1.33. The zero-order valence-electron chi connectivity index (χ0n) is 4.11. The zero-order chi connectivity index (χ0) is 6.20. The molecule has 1 rings (SSSR count). The Morgan fingerprint density at radius 1 is 1.62 bits per heavy atom. The van der Waals surface area contributed by atoms with Gasteiger partial charge in [0.1, 0.15) is 5.88 Å². The Labute approximate surface area is 47.5 Å².